The maximum absolute atomic E-state index is 11.7. The van der Waals surface area contributed by atoms with Gasteiger partial charge in [-0.3, -0.25) is 5.10 Å². The molecule has 0 amide bonds. The molecule has 1 heterocycles. The Kier molecular flexibility index (Phi) is 4.11. The van der Waals surface area contributed by atoms with Gasteiger partial charge >= 0.3 is 0 Å². The Morgan fingerprint density at radius 1 is 1.17 bits per heavy atom. The van der Waals surface area contributed by atoms with Crippen molar-refractivity contribution in [1.29, 1.82) is 0 Å². The Morgan fingerprint density at radius 3 is 2.61 bits per heavy atom. The second-order valence-corrected chi connectivity index (χ2v) is 5.64. The summed E-state index contributed by atoms with van der Waals surface area (Å²) in [6.45, 7) is 0.413. The lowest BCUT2D eigenvalue weighted by molar-refractivity contribution is 0.574. The molecule has 2 rings (SSSR count). The van der Waals surface area contributed by atoms with Crippen molar-refractivity contribution in [3.8, 4) is 0 Å². The highest BCUT2D eigenvalue weighted by atomic mass is 32.2. The summed E-state index contributed by atoms with van der Waals surface area (Å²) in [6.07, 6.45) is 3.03. The summed E-state index contributed by atoms with van der Waals surface area (Å²) in [7, 11) is -3.44. The predicted octanol–water partition coefficient (Wildman–Crippen LogP) is 1.32. The molecular weight excluding hydrogens is 250 g/mol. The van der Waals surface area contributed by atoms with Gasteiger partial charge in [-0.05, 0) is 24.5 Å². The first-order valence-electron chi connectivity index (χ1n) is 5.71. The van der Waals surface area contributed by atoms with E-state index in [-0.39, 0.29) is 5.03 Å². The van der Waals surface area contributed by atoms with E-state index >= 15 is 0 Å². The van der Waals surface area contributed by atoms with Crippen molar-refractivity contribution in [2.75, 3.05) is 6.54 Å². The zero-order valence-corrected chi connectivity index (χ0v) is 10.7. The molecular formula is C12H15N3O2S. The highest BCUT2D eigenvalue weighted by molar-refractivity contribution is 7.89. The molecule has 0 unspecified atom stereocenters. The van der Waals surface area contributed by atoms with Gasteiger partial charge in [0.1, 0.15) is 0 Å². The number of hydrogen-bond acceptors (Lipinski definition) is 3. The molecule has 0 atom stereocenters. The van der Waals surface area contributed by atoms with E-state index in [0.717, 1.165) is 12.8 Å². The van der Waals surface area contributed by atoms with E-state index in [1.807, 2.05) is 30.3 Å². The second-order valence-electron chi connectivity index (χ2n) is 3.91. The molecule has 96 valence electrons. The fraction of sp³-hybridized carbons (Fsp3) is 0.250. The normalized spacial score (nSPS) is 11.6. The van der Waals surface area contributed by atoms with Gasteiger partial charge in [-0.15, -0.1) is 0 Å². The number of aromatic amines is 1. The lowest BCUT2D eigenvalue weighted by Crippen LogP contribution is -2.25. The fourth-order valence-corrected chi connectivity index (χ4v) is 2.60. The van der Waals surface area contributed by atoms with E-state index < -0.39 is 10.0 Å². The summed E-state index contributed by atoms with van der Waals surface area (Å²) in [5.74, 6) is 0. The van der Waals surface area contributed by atoms with Crippen LogP contribution in [0.15, 0.2) is 47.6 Å². The largest absolute Gasteiger partial charge is 0.266 e. The van der Waals surface area contributed by atoms with Gasteiger partial charge in [0.25, 0.3) is 10.0 Å². The molecule has 0 radical (unpaired) electrons. The summed E-state index contributed by atoms with van der Waals surface area (Å²) in [5, 5.41) is 6.15. The maximum Gasteiger partial charge on any atom is 0.257 e. The minimum Gasteiger partial charge on any atom is -0.266 e. The van der Waals surface area contributed by atoms with Gasteiger partial charge in [0, 0.05) is 6.54 Å². The minimum atomic E-state index is -3.44. The zero-order chi connectivity index (χ0) is 12.8. The number of benzene rings is 1. The monoisotopic (exact) mass is 265 g/mol. The van der Waals surface area contributed by atoms with Crippen LogP contribution in [-0.2, 0) is 16.4 Å². The predicted molar refractivity (Wildman–Crippen MR) is 68.5 cm³/mol. The topological polar surface area (TPSA) is 74.8 Å². The lowest BCUT2D eigenvalue weighted by atomic mass is 10.1. The highest BCUT2D eigenvalue weighted by Gasteiger charge is 2.13. The Morgan fingerprint density at radius 2 is 1.94 bits per heavy atom. The fourth-order valence-electron chi connectivity index (χ4n) is 1.61. The van der Waals surface area contributed by atoms with Crippen molar-refractivity contribution in [3.05, 3.63) is 48.2 Å². The number of aryl methyl sites for hydroxylation is 1. The van der Waals surface area contributed by atoms with Crippen LogP contribution in [0.3, 0.4) is 0 Å². The number of aromatic nitrogens is 2. The molecule has 0 spiro atoms. The number of nitrogens with one attached hydrogen (secondary N) is 2. The Balaban J connectivity index is 1.79. The van der Waals surface area contributed by atoms with Crippen LogP contribution in [0.25, 0.3) is 0 Å². The number of nitrogens with zero attached hydrogens (tertiary/aromatic N) is 1. The first-order valence-corrected chi connectivity index (χ1v) is 7.20. The van der Waals surface area contributed by atoms with Gasteiger partial charge in [0.05, 0.1) is 6.20 Å². The summed E-state index contributed by atoms with van der Waals surface area (Å²) in [6, 6.07) is 11.4. The minimum absolute atomic E-state index is 0.0993. The SMILES string of the molecule is O=S(=O)(NCCCc1ccccc1)c1ccn[nH]1. The van der Waals surface area contributed by atoms with Crippen LogP contribution in [0.2, 0.25) is 0 Å². The van der Waals surface area contributed by atoms with Crippen LogP contribution in [0, 0.1) is 0 Å². The van der Waals surface area contributed by atoms with Gasteiger partial charge in [-0.1, -0.05) is 30.3 Å². The Hall–Kier alpha value is -1.66. The van der Waals surface area contributed by atoms with Gasteiger partial charge in [-0.2, -0.15) is 5.10 Å². The van der Waals surface area contributed by atoms with E-state index in [9.17, 15) is 8.42 Å². The molecule has 5 nitrogen and oxygen atoms in total. The van der Waals surface area contributed by atoms with Crippen LogP contribution in [-0.4, -0.2) is 25.2 Å². The van der Waals surface area contributed by atoms with Crippen molar-refractivity contribution >= 4 is 10.0 Å². The van der Waals surface area contributed by atoms with Crippen LogP contribution in [0.5, 0.6) is 0 Å². The Labute approximate surface area is 106 Å². The maximum atomic E-state index is 11.7. The first-order chi connectivity index (χ1) is 8.68. The van der Waals surface area contributed by atoms with Crippen molar-refractivity contribution in [1.82, 2.24) is 14.9 Å². The standard InChI is InChI=1S/C12H15N3O2S/c16-18(17,12-8-10-13-15-12)14-9-4-7-11-5-2-1-3-6-11/h1-3,5-6,8,10,14H,4,7,9H2,(H,13,15). The van der Waals surface area contributed by atoms with Crippen molar-refractivity contribution < 1.29 is 8.42 Å². The van der Waals surface area contributed by atoms with Gasteiger partial charge in [-0.25, -0.2) is 13.1 Å². The number of sulfonamides is 1. The summed E-state index contributed by atoms with van der Waals surface area (Å²) < 4.78 is 26.0. The number of rotatable bonds is 6. The third-order valence-corrected chi connectivity index (χ3v) is 3.93. The highest BCUT2D eigenvalue weighted by Crippen LogP contribution is 2.04. The summed E-state index contributed by atoms with van der Waals surface area (Å²) in [4.78, 5) is 0. The first kappa shape index (κ1) is 12.8. The van der Waals surface area contributed by atoms with Crippen LogP contribution in [0.4, 0.5) is 0 Å². The van der Waals surface area contributed by atoms with Gasteiger partial charge in [0.15, 0.2) is 5.03 Å². The Bertz CT molecular complexity index is 565. The average Bonchev–Trinajstić information content (AvgIpc) is 2.91. The quantitative estimate of drug-likeness (QED) is 0.774. The van der Waals surface area contributed by atoms with E-state index in [4.69, 9.17) is 0 Å². The number of hydrogen-bond donors (Lipinski definition) is 2. The van der Waals surface area contributed by atoms with E-state index in [2.05, 4.69) is 14.9 Å². The van der Waals surface area contributed by atoms with Crippen LogP contribution >= 0.6 is 0 Å². The molecule has 0 aliphatic rings. The molecule has 6 heteroatoms. The molecule has 0 saturated heterocycles. The smallest absolute Gasteiger partial charge is 0.257 e. The third-order valence-electron chi connectivity index (χ3n) is 2.54. The van der Waals surface area contributed by atoms with E-state index in [1.54, 1.807) is 0 Å². The zero-order valence-electron chi connectivity index (χ0n) is 9.83. The summed E-state index contributed by atoms with van der Waals surface area (Å²) in [5.41, 5.74) is 1.21. The van der Waals surface area contributed by atoms with Gasteiger partial charge in [0.2, 0.25) is 0 Å². The van der Waals surface area contributed by atoms with Crippen molar-refractivity contribution in [2.45, 2.75) is 17.9 Å². The lowest BCUT2D eigenvalue weighted by Gasteiger charge is -2.04. The molecule has 1 aromatic heterocycles. The molecule has 2 N–H and O–H groups in total. The number of H-pyrrole nitrogens is 1. The molecule has 0 bridgehead atoms. The molecule has 0 fully saturated rings. The van der Waals surface area contributed by atoms with Crippen LogP contribution in [0.1, 0.15) is 12.0 Å². The average molecular weight is 265 g/mol. The van der Waals surface area contributed by atoms with Crippen molar-refractivity contribution in [3.63, 3.8) is 0 Å². The summed E-state index contributed by atoms with van der Waals surface area (Å²) >= 11 is 0. The molecule has 0 aliphatic heterocycles. The second kappa shape index (κ2) is 5.79. The third kappa shape index (κ3) is 3.41. The van der Waals surface area contributed by atoms with Crippen molar-refractivity contribution in [2.24, 2.45) is 0 Å². The molecule has 1 aromatic carbocycles. The van der Waals surface area contributed by atoms with E-state index in [1.165, 1.54) is 17.8 Å². The van der Waals surface area contributed by atoms with Gasteiger partial charge < -0.3 is 0 Å². The molecule has 0 aliphatic carbocycles. The van der Waals surface area contributed by atoms with Crippen LogP contribution < -0.4 is 4.72 Å². The molecule has 18 heavy (non-hydrogen) atoms. The van der Waals surface area contributed by atoms with E-state index in [0.29, 0.717) is 6.54 Å². The molecule has 0 saturated carbocycles. The molecule has 2 aromatic rings.